The van der Waals surface area contributed by atoms with E-state index in [9.17, 15) is 0 Å². The Bertz CT molecular complexity index is 372. The predicted molar refractivity (Wildman–Crippen MR) is 53.0 cm³/mol. The van der Waals surface area contributed by atoms with Crippen molar-refractivity contribution in [1.82, 2.24) is 9.97 Å². The van der Waals surface area contributed by atoms with Gasteiger partial charge in [-0.1, -0.05) is 6.07 Å². The lowest BCUT2D eigenvalue weighted by atomic mass is 10.4. The Kier molecular flexibility index (Phi) is 2.19. The molecule has 2 nitrogen and oxygen atoms in total. The third-order valence-electron chi connectivity index (χ3n) is 1.38. The molecule has 0 amide bonds. The third kappa shape index (κ3) is 1.54. The Hall–Kier alpha value is -0.740. The van der Waals surface area contributed by atoms with Gasteiger partial charge in [0.05, 0.1) is 23.0 Å². The number of hydrogen-bond donors (Lipinski definition) is 0. The van der Waals surface area contributed by atoms with Crippen LogP contribution in [0.5, 0.6) is 0 Å². The summed E-state index contributed by atoms with van der Waals surface area (Å²) in [4.78, 5) is 9.46. The van der Waals surface area contributed by atoms with E-state index in [-0.39, 0.29) is 0 Å². The van der Waals surface area contributed by atoms with Crippen molar-refractivity contribution in [2.24, 2.45) is 0 Å². The van der Waals surface area contributed by atoms with Crippen LogP contribution in [0.4, 0.5) is 0 Å². The molecule has 60 valence electrons. The van der Waals surface area contributed by atoms with Crippen molar-refractivity contribution in [3.8, 4) is 10.6 Å². The fourth-order valence-corrected chi connectivity index (χ4v) is 1.87. The van der Waals surface area contributed by atoms with Crippen molar-refractivity contribution in [3.05, 3.63) is 34.5 Å². The second kappa shape index (κ2) is 3.33. The molecule has 0 aliphatic carbocycles. The van der Waals surface area contributed by atoms with E-state index in [1.807, 2.05) is 17.5 Å². The summed E-state index contributed by atoms with van der Waals surface area (Å²) < 4.78 is 0.772. The fraction of sp³-hybridized carbons (Fsp3) is 0. The van der Waals surface area contributed by atoms with Gasteiger partial charge in [-0.05, 0) is 27.4 Å². The standard InChI is InChI=1S/C8H5BrN2S/c9-8-5-10-4-6(11-8)7-2-1-3-12-7/h1-5H. The molecule has 2 heterocycles. The molecular formula is C8H5BrN2S. The van der Waals surface area contributed by atoms with Crippen molar-refractivity contribution in [3.63, 3.8) is 0 Å². The Morgan fingerprint density at radius 2 is 2.25 bits per heavy atom. The van der Waals surface area contributed by atoms with E-state index in [2.05, 4.69) is 25.9 Å². The lowest BCUT2D eigenvalue weighted by Crippen LogP contribution is -1.82. The molecule has 0 aliphatic heterocycles. The minimum atomic E-state index is 0.772. The van der Waals surface area contributed by atoms with E-state index in [0.717, 1.165) is 15.2 Å². The van der Waals surface area contributed by atoms with Gasteiger partial charge in [-0.2, -0.15) is 0 Å². The van der Waals surface area contributed by atoms with E-state index >= 15 is 0 Å². The molecule has 0 saturated heterocycles. The zero-order chi connectivity index (χ0) is 8.39. The van der Waals surface area contributed by atoms with E-state index in [1.165, 1.54) is 0 Å². The average Bonchev–Trinajstić information content (AvgIpc) is 2.56. The quantitative estimate of drug-likeness (QED) is 0.767. The maximum atomic E-state index is 4.28. The van der Waals surface area contributed by atoms with Gasteiger partial charge >= 0.3 is 0 Å². The van der Waals surface area contributed by atoms with E-state index in [4.69, 9.17) is 0 Å². The van der Waals surface area contributed by atoms with Gasteiger partial charge in [0.15, 0.2) is 0 Å². The Morgan fingerprint density at radius 1 is 1.33 bits per heavy atom. The molecule has 2 aromatic heterocycles. The summed E-state index contributed by atoms with van der Waals surface area (Å²) in [7, 11) is 0. The van der Waals surface area contributed by atoms with E-state index < -0.39 is 0 Å². The highest BCUT2D eigenvalue weighted by molar-refractivity contribution is 9.10. The third-order valence-corrected chi connectivity index (χ3v) is 2.65. The number of aromatic nitrogens is 2. The molecule has 0 saturated carbocycles. The van der Waals surface area contributed by atoms with Gasteiger partial charge in [0.2, 0.25) is 0 Å². The van der Waals surface area contributed by atoms with Crippen LogP contribution in [0.25, 0.3) is 10.6 Å². The topological polar surface area (TPSA) is 25.8 Å². The van der Waals surface area contributed by atoms with Crippen LogP contribution in [-0.4, -0.2) is 9.97 Å². The van der Waals surface area contributed by atoms with Crippen molar-refractivity contribution in [2.75, 3.05) is 0 Å². The predicted octanol–water partition coefficient (Wildman–Crippen LogP) is 2.97. The number of thiophene rings is 1. The molecule has 0 fully saturated rings. The minimum Gasteiger partial charge on any atom is -0.260 e. The summed E-state index contributed by atoms with van der Waals surface area (Å²) in [5.74, 6) is 0. The highest BCUT2D eigenvalue weighted by Gasteiger charge is 1.99. The van der Waals surface area contributed by atoms with Crippen molar-refractivity contribution >= 4 is 27.3 Å². The lowest BCUT2D eigenvalue weighted by Gasteiger charge is -1.94. The lowest BCUT2D eigenvalue weighted by molar-refractivity contribution is 1.18. The van der Waals surface area contributed by atoms with Crippen LogP contribution in [0.1, 0.15) is 0 Å². The SMILES string of the molecule is Brc1cncc(-c2cccs2)n1. The summed E-state index contributed by atoms with van der Waals surface area (Å²) in [5.41, 5.74) is 0.916. The number of hydrogen-bond acceptors (Lipinski definition) is 3. The van der Waals surface area contributed by atoms with Gasteiger partial charge in [0.25, 0.3) is 0 Å². The highest BCUT2D eigenvalue weighted by Crippen LogP contribution is 2.22. The van der Waals surface area contributed by atoms with Crippen LogP contribution < -0.4 is 0 Å². The van der Waals surface area contributed by atoms with Crippen LogP contribution in [-0.2, 0) is 0 Å². The molecule has 0 bridgehead atoms. The second-order valence-electron chi connectivity index (χ2n) is 2.20. The van der Waals surface area contributed by atoms with Crippen LogP contribution >= 0.6 is 27.3 Å². The molecule has 0 unspecified atom stereocenters. The van der Waals surface area contributed by atoms with Crippen LogP contribution in [0.15, 0.2) is 34.5 Å². The molecule has 0 atom stereocenters. The first-order chi connectivity index (χ1) is 5.86. The van der Waals surface area contributed by atoms with Gasteiger partial charge in [-0.25, -0.2) is 4.98 Å². The first kappa shape index (κ1) is 7.89. The van der Waals surface area contributed by atoms with E-state index in [0.29, 0.717) is 0 Å². The normalized spacial score (nSPS) is 10.1. The average molecular weight is 241 g/mol. The molecule has 2 rings (SSSR count). The summed E-state index contributed by atoms with van der Waals surface area (Å²) in [5, 5.41) is 2.03. The molecule has 4 heteroatoms. The molecular weight excluding hydrogens is 236 g/mol. The zero-order valence-corrected chi connectivity index (χ0v) is 8.47. The monoisotopic (exact) mass is 240 g/mol. The number of nitrogens with zero attached hydrogens (tertiary/aromatic N) is 2. The first-order valence-corrected chi connectivity index (χ1v) is 5.05. The summed E-state index contributed by atoms with van der Waals surface area (Å²) in [6, 6.07) is 4.03. The zero-order valence-electron chi connectivity index (χ0n) is 6.07. The fourth-order valence-electron chi connectivity index (χ4n) is 0.885. The maximum absolute atomic E-state index is 4.28. The van der Waals surface area contributed by atoms with Crippen molar-refractivity contribution in [2.45, 2.75) is 0 Å². The van der Waals surface area contributed by atoms with Gasteiger partial charge in [-0.15, -0.1) is 11.3 Å². The molecule has 0 aromatic carbocycles. The van der Waals surface area contributed by atoms with Gasteiger partial charge in [0.1, 0.15) is 4.60 Å². The summed E-state index contributed by atoms with van der Waals surface area (Å²) in [6.07, 6.45) is 3.44. The van der Waals surface area contributed by atoms with Crippen molar-refractivity contribution in [1.29, 1.82) is 0 Å². The number of halogens is 1. The summed E-state index contributed by atoms with van der Waals surface area (Å²) in [6.45, 7) is 0. The molecule has 12 heavy (non-hydrogen) atoms. The Morgan fingerprint density at radius 3 is 2.92 bits per heavy atom. The Labute approximate surface area is 82.4 Å². The first-order valence-electron chi connectivity index (χ1n) is 3.38. The summed E-state index contributed by atoms with van der Waals surface area (Å²) >= 11 is 4.94. The molecule has 2 aromatic rings. The largest absolute Gasteiger partial charge is 0.260 e. The highest BCUT2D eigenvalue weighted by atomic mass is 79.9. The number of rotatable bonds is 1. The van der Waals surface area contributed by atoms with E-state index in [1.54, 1.807) is 23.7 Å². The van der Waals surface area contributed by atoms with Crippen LogP contribution in [0.3, 0.4) is 0 Å². The maximum Gasteiger partial charge on any atom is 0.125 e. The van der Waals surface area contributed by atoms with Gasteiger partial charge < -0.3 is 0 Å². The van der Waals surface area contributed by atoms with Crippen molar-refractivity contribution < 1.29 is 0 Å². The minimum absolute atomic E-state index is 0.772. The molecule has 0 radical (unpaired) electrons. The van der Waals surface area contributed by atoms with Gasteiger partial charge in [-0.3, -0.25) is 4.98 Å². The Balaban J connectivity index is 2.48. The van der Waals surface area contributed by atoms with Crippen LogP contribution in [0, 0.1) is 0 Å². The van der Waals surface area contributed by atoms with Crippen LogP contribution in [0.2, 0.25) is 0 Å². The smallest absolute Gasteiger partial charge is 0.125 e. The molecule has 0 spiro atoms. The molecule has 0 N–H and O–H groups in total. The second-order valence-corrected chi connectivity index (χ2v) is 3.96. The molecule has 0 aliphatic rings. The van der Waals surface area contributed by atoms with Gasteiger partial charge in [0, 0.05) is 0 Å².